The van der Waals surface area contributed by atoms with Crippen LogP contribution in [0.4, 0.5) is 13.6 Å². The van der Waals surface area contributed by atoms with E-state index < -0.39 is 68.8 Å². The molecule has 1 unspecified atom stereocenters. The van der Waals surface area contributed by atoms with E-state index in [1.54, 1.807) is 32.1 Å². The van der Waals surface area contributed by atoms with Crippen LogP contribution < -0.4 is 5.32 Å². The summed E-state index contributed by atoms with van der Waals surface area (Å²) in [5.41, 5.74) is -5.44. The van der Waals surface area contributed by atoms with E-state index in [0.717, 1.165) is 0 Å². The van der Waals surface area contributed by atoms with Crippen molar-refractivity contribution < 1.29 is 42.5 Å². The predicted octanol–water partition coefficient (Wildman–Crippen LogP) is 5.50. The molecule has 10 atom stereocenters. The summed E-state index contributed by atoms with van der Waals surface area (Å²) in [5.74, 6) is -1.04. The molecule has 4 fully saturated rings. The number of carbonyl (C=O) groups is 3. The van der Waals surface area contributed by atoms with E-state index in [9.17, 15) is 14.4 Å². The molecule has 0 aromatic carbocycles. The van der Waals surface area contributed by atoms with Gasteiger partial charge >= 0.3 is 0 Å². The fraction of sp³-hybridized carbons (Fsp3) is 0.645. The van der Waals surface area contributed by atoms with Crippen molar-refractivity contribution in [3.05, 3.63) is 47.5 Å². The van der Waals surface area contributed by atoms with Gasteiger partial charge in [0.1, 0.15) is 17.6 Å². The van der Waals surface area contributed by atoms with Crippen LogP contribution in [0.3, 0.4) is 0 Å². The van der Waals surface area contributed by atoms with Gasteiger partial charge in [0.2, 0.25) is 11.4 Å². The van der Waals surface area contributed by atoms with Crippen LogP contribution in [0.5, 0.6) is 0 Å². The van der Waals surface area contributed by atoms with E-state index in [-0.39, 0.29) is 29.7 Å². The second-order valence-electron chi connectivity index (χ2n) is 12.5. The van der Waals surface area contributed by atoms with Gasteiger partial charge in [-0.3, -0.25) is 14.4 Å². The first kappa shape index (κ1) is 31.1. The molecule has 8 nitrogen and oxygen atoms in total. The third-order valence-corrected chi connectivity index (χ3v) is 11.9. The number of ether oxygens (including phenoxy) is 2. The van der Waals surface area contributed by atoms with Gasteiger partial charge in [-0.25, -0.2) is 8.78 Å². The fourth-order valence-corrected chi connectivity index (χ4v) is 10.1. The van der Waals surface area contributed by atoms with Crippen molar-refractivity contribution in [2.45, 2.75) is 89.6 Å². The average molecular weight is 608 g/mol. The minimum Gasteiger partial charge on any atom is -0.461 e. The number of rotatable bonds is 4. The number of allylic oxidation sites excluding steroid dienone is 4. The molecule has 6 rings (SSSR count). The minimum absolute atomic E-state index is 0. The standard InChI is InChI=1S/C31H37F2NO6S.H2O/c1-6-17-15-29(7-2)19(20-13-22(32)21-12-18(35)10-11-28(21,4)30(17,20)33)14-24-31(29,26(36)41-27(37)34-5)40-25(39-24)23-9-8-16(3)38-23;/h8-12,17,19-20,22,24-25H,6-7,13-15H2,1-5H3,(H,34,37);1H2/t17-,19-,20-,22-,24+,25?,28-,29-,30+,31-;/m0./s1. The van der Waals surface area contributed by atoms with Crippen LogP contribution in [-0.2, 0) is 19.1 Å². The molecule has 2 heterocycles. The number of nitrogens with one attached hydrogen (secondary N) is 1. The molecule has 0 bridgehead atoms. The molecule has 0 radical (unpaired) electrons. The third-order valence-electron chi connectivity index (χ3n) is 11.1. The number of ketones is 1. The lowest BCUT2D eigenvalue weighted by Crippen LogP contribution is -2.69. The van der Waals surface area contributed by atoms with Crippen molar-refractivity contribution in [1.29, 1.82) is 0 Å². The second kappa shape index (κ2) is 10.4. The number of fused-ring (bicyclic) bond motifs is 7. The molecule has 5 aliphatic rings. The first-order valence-electron chi connectivity index (χ1n) is 14.5. The van der Waals surface area contributed by atoms with Crippen LogP contribution in [0.1, 0.15) is 70.7 Å². The van der Waals surface area contributed by atoms with Crippen molar-refractivity contribution >= 4 is 27.9 Å². The number of carbonyl (C=O) groups excluding carboxylic acids is 3. The summed E-state index contributed by atoms with van der Waals surface area (Å²) in [5, 5.41) is 1.49. The Labute approximate surface area is 248 Å². The highest BCUT2D eigenvalue weighted by Gasteiger charge is 2.81. The van der Waals surface area contributed by atoms with Crippen LogP contribution in [0.25, 0.3) is 0 Å². The van der Waals surface area contributed by atoms with Gasteiger partial charge in [0.05, 0.1) is 6.10 Å². The molecule has 1 aliphatic heterocycles. The van der Waals surface area contributed by atoms with E-state index in [4.69, 9.17) is 13.9 Å². The SMILES string of the molecule is CC[C@H]1C[C@@]2(CC)[C@@H](C[C@H]3OC(c4ccc(C)o4)O[C@]32C(=O)SC(=O)NC)[C@@H]2C[C@H](F)C3=CC(=O)C=C[C@]3(C)[C@@]12F.O. The van der Waals surface area contributed by atoms with E-state index in [1.807, 2.05) is 13.8 Å². The van der Waals surface area contributed by atoms with Gasteiger partial charge in [0, 0.05) is 35.6 Å². The molecule has 0 spiro atoms. The fourth-order valence-electron chi connectivity index (χ4n) is 9.31. The van der Waals surface area contributed by atoms with Crippen molar-refractivity contribution in [2.75, 3.05) is 7.05 Å². The Bertz CT molecular complexity index is 1360. The average Bonchev–Trinajstić information content (AvgIpc) is 3.62. The highest BCUT2D eigenvalue weighted by molar-refractivity contribution is 8.26. The maximum atomic E-state index is 18.1. The molecule has 1 aromatic rings. The lowest BCUT2D eigenvalue weighted by atomic mass is 9.41. The molecular formula is C31H39F2NO7S. The van der Waals surface area contributed by atoms with Crippen LogP contribution in [0.15, 0.2) is 40.4 Å². The highest BCUT2D eigenvalue weighted by atomic mass is 32.2. The number of halogens is 2. The Morgan fingerprint density at radius 1 is 1.19 bits per heavy atom. The third kappa shape index (κ3) is 3.78. The van der Waals surface area contributed by atoms with Crippen LogP contribution >= 0.6 is 11.8 Å². The van der Waals surface area contributed by atoms with Crippen LogP contribution in [-0.4, -0.2) is 52.2 Å². The van der Waals surface area contributed by atoms with Crippen molar-refractivity contribution in [1.82, 2.24) is 5.32 Å². The Kier molecular flexibility index (Phi) is 7.69. The van der Waals surface area contributed by atoms with Crippen molar-refractivity contribution in [3.8, 4) is 0 Å². The molecular weight excluding hydrogens is 568 g/mol. The number of furan rings is 1. The quantitative estimate of drug-likeness (QED) is 0.479. The first-order chi connectivity index (χ1) is 19.4. The highest BCUT2D eigenvalue weighted by Crippen LogP contribution is 2.75. The molecule has 230 valence electrons. The van der Waals surface area contributed by atoms with Crippen LogP contribution in [0, 0.1) is 35.5 Å². The van der Waals surface area contributed by atoms with Gasteiger partial charge < -0.3 is 24.7 Å². The molecule has 3 N–H and O–H groups in total. The lowest BCUT2D eigenvalue weighted by Gasteiger charge is -2.65. The van der Waals surface area contributed by atoms with E-state index in [0.29, 0.717) is 42.5 Å². The summed E-state index contributed by atoms with van der Waals surface area (Å²) in [6, 6.07) is 3.52. The summed E-state index contributed by atoms with van der Waals surface area (Å²) in [4.78, 5) is 39.0. The van der Waals surface area contributed by atoms with Gasteiger partial charge in [-0.05, 0) is 81.2 Å². The maximum absolute atomic E-state index is 18.1. The normalized spacial score (nSPS) is 43.4. The van der Waals surface area contributed by atoms with E-state index >= 15 is 8.78 Å². The monoisotopic (exact) mass is 607 g/mol. The second-order valence-corrected chi connectivity index (χ2v) is 13.4. The van der Waals surface area contributed by atoms with Gasteiger partial charge in [-0.15, -0.1) is 0 Å². The zero-order valence-electron chi connectivity index (χ0n) is 24.5. The molecule has 11 heteroatoms. The first-order valence-corrected chi connectivity index (χ1v) is 15.3. The van der Waals surface area contributed by atoms with Gasteiger partial charge in [-0.2, -0.15) is 0 Å². The Morgan fingerprint density at radius 3 is 2.55 bits per heavy atom. The summed E-state index contributed by atoms with van der Waals surface area (Å²) in [6.45, 7) is 7.39. The van der Waals surface area contributed by atoms with Gasteiger partial charge in [0.25, 0.3) is 5.24 Å². The molecule has 1 aromatic heterocycles. The summed E-state index contributed by atoms with van der Waals surface area (Å²) >= 11 is 0.541. The molecule has 42 heavy (non-hydrogen) atoms. The Hall–Kier alpha value is -2.34. The van der Waals surface area contributed by atoms with Gasteiger partial charge in [-0.1, -0.05) is 26.3 Å². The van der Waals surface area contributed by atoms with E-state index in [2.05, 4.69) is 5.32 Å². The number of aryl methyl sites for hydroxylation is 1. The number of amides is 1. The van der Waals surface area contributed by atoms with E-state index in [1.165, 1.54) is 19.2 Å². The van der Waals surface area contributed by atoms with Gasteiger partial charge in [0.15, 0.2) is 17.1 Å². The molecule has 1 saturated heterocycles. The Morgan fingerprint density at radius 2 is 1.93 bits per heavy atom. The largest absolute Gasteiger partial charge is 0.461 e. The van der Waals surface area contributed by atoms with Crippen molar-refractivity contribution in [3.63, 3.8) is 0 Å². The minimum atomic E-state index is -1.86. The zero-order valence-corrected chi connectivity index (χ0v) is 25.3. The zero-order chi connectivity index (χ0) is 29.5. The molecule has 3 saturated carbocycles. The smallest absolute Gasteiger partial charge is 0.286 e. The number of thioether (sulfide) groups is 1. The van der Waals surface area contributed by atoms with Crippen LogP contribution in [0.2, 0.25) is 0 Å². The lowest BCUT2D eigenvalue weighted by molar-refractivity contribution is -0.224. The maximum Gasteiger partial charge on any atom is 0.286 e. The summed E-state index contributed by atoms with van der Waals surface area (Å²) < 4.78 is 53.1. The number of hydrogen-bond acceptors (Lipinski definition) is 7. The van der Waals surface area contributed by atoms with Crippen molar-refractivity contribution in [2.24, 2.45) is 28.6 Å². The molecule has 1 amide bonds. The Balaban J connectivity index is 0.00000353. The summed E-state index contributed by atoms with van der Waals surface area (Å²) in [6.07, 6.45) is 2.32. The number of alkyl halides is 2. The predicted molar refractivity (Wildman–Crippen MR) is 152 cm³/mol. The topological polar surface area (TPSA) is 126 Å². The summed E-state index contributed by atoms with van der Waals surface area (Å²) in [7, 11) is 1.45. The molecule has 4 aliphatic carbocycles. The number of hydrogen-bond donors (Lipinski definition) is 1.